The number of H-pyrrole nitrogens is 1. The molecule has 2 aromatic heterocycles. The molecule has 1 atom stereocenters. The number of benzene rings is 2. The number of amides is 1. The number of aromatic amines is 1. The van der Waals surface area contributed by atoms with Crippen LogP contribution in [0.4, 0.5) is 5.82 Å². The highest BCUT2D eigenvalue weighted by Crippen LogP contribution is 2.29. The van der Waals surface area contributed by atoms with E-state index in [0.717, 1.165) is 59.5 Å². The van der Waals surface area contributed by atoms with Crippen LogP contribution in [0.1, 0.15) is 50.6 Å². The van der Waals surface area contributed by atoms with E-state index in [1.807, 2.05) is 42.5 Å². The van der Waals surface area contributed by atoms with E-state index in [0.29, 0.717) is 13.0 Å². The monoisotopic (exact) mass is 473 g/mol. The average molecular weight is 474 g/mol. The molecule has 182 valence electrons. The second-order valence-corrected chi connectivity index (χ2v) is 8.52. The Labute approximate surface area is 204 Å². The number of hydrogen-bond acceptors (Lipinski definition) is 6. The molecule has 1 amide bonds. The van der Waals surface area contributed by atoms with E-state index in [1.165, 1.54) is 5.56 Å². The van der Waals surface area contributed by atoms with Crippen LogP contribution in [0.3, 0.4) is 0 Å². The Morgan fingerprint density at radius 3 is 2.57 bits per heavy atom. The molecular formula is C27H31N5O3. The molecule has 4 aromatic rings. The first-order chi connectivity index (χ1) is 17.1. The molecule has 8 nitrogen and oxygen atoms in total. The van der Waals surface area contributed by atoms with Crippen molar-refractivity contribution < 1.29 is 14.7 Å². The Bertz CT molecular complexity index is 1220. The second kappa shape index (κ2) is 12.0. The van der Waals surface area contributed by atoms with Crippen LogP contribution in [-0.2, 0) is 4.79 Å². The number of hydrogen-bond donors (Lipinski definition) is 4. The summed E-state index contributed by atoms with van der Waals surface area (Å²) in [6, 6.07) is 20.5. The smallest absolute Gasteiger partial charge is 0.243 e. The zero-order chi connectivity index (χ0) is 24.5. The van der Waals surface area contributed by atoms with Gasteiger partial charge in [0.2, 0.25) is 5.91 Å². The molecule has 0 bridgehead atoms. The third-order valence-electron chi connectivity index (χ3n) is 5.94. The maximum atomic E-state index is 11.0. The Morgan fingerprint density at radius 1 is 1.03 bits per heavy atom. The minimum atomic E-state index is -0.336. The maximum Gasteiger partial charge on any atom is 0.243 e. The fraction of sp³-hybridized carbons (Fsp3) is 0.296. The maximum absolute atomic E-state index is 11.0. The summed E-state index contributed by atoms with van der Waals surface area (Å²) in [5.41, 5.74) is 5.64. The molecule has 4 rings (SSSR count). The van der Waals surface area contributed by atoms with Crippen LogP contribution in [0.2, 0.25) is 0 Å². The van der Waals surface area contributed by atoms with Gasteiger partial charge in [0, 0.05) is 18.2 Å². The SMILES string of the molecule is CC(Nc1ncnc2[nH]c(-c3ccc(OCCCCCCC(=O)NO)cc3)cc12)c1ccccc1. The van der Waals surface area contributed by atoms with Crippen molar-refractivity contribution in [3.05, 3.63) is 72.6 Å². The lowest BCUT2D eigenvalue weighted by atomic mass is 10.1. The third-order valence-corrected chi connectivity index (χ3v) is 5.94. The minimum Gasteiger partial charge on any atom is -0.494 e. The molecule has 1 unspecified atom stereocenters. The molecule has 0 saturated carbocycles. The van der Waals surface area contributed by atoms with Crippen LogP contribution in [0.15, 0.2) is 67.0 Å². The van der Waals surface area contributed by atoms with E-state index >= 15 is 0 Å². The van der Waals surface area contributed by atoms with Gasteiger partial charge in [-0.3, -0.25) is 10.0 Å². The van der Waals surface area contributed by atoms with E-state index in [1.54, 1.807) is 11.8 Å². The summed E-state index contributed by atoms with van der Waals surface area (Å²) in [6.07, 6.45) is 5.51. The predicted molar refractivity (Wildman–Crippen MR) is 136 cm³/mol. The van der Waals surface area contributed by atoms with Crippen LogP contribution in [-0.4, -0.2) is 32.7 Å². The Kier molecular flexibility index (Phi) is 8.30. The number of aromatic nitrogens is 3. The molecule has 2 heterocycles. The zero-order valence-electron chi connectivity index (χ0n) is 19.8. The molecule has 0 aliphatic rings. The molecular weight excluding hydrogens is 442 g/mol. The number of nitrogens with one attached hydrogen (secondary N) is 3. The highest BCUT2D eigenvalue weighted by molar-refractivity contribution is 5.91. The van der Waals surface area contributed by atoms with Gasteiger partial charge in [0.25, 0.3) is 0 Å². The lowest BCUT2D eigenvalue weighted by Crippen LogP contribution is -2.17. The minimum absolute atomic E-state index is 0.115. The van der Waals surface area contributed by atoms with Crippen molar-refractivity contribution >= 4 is 22.8 Å². The molecule has 0 radical (unpaired) electrons. The fourth-order valence-electron chi connectivity index (χ4n) is 3.96. The van der Waals surface area contributed by atoms with Gasteiger partial charge < -0.3 is 15.0 Å². The third kappa shape index (κ3) is 6.58. The first-order valence-corrected chi connectivity index (χ1v) is 12.0. The largest absolute Gasteiger partial charge is 0.494 e. The van der Waals surface area contributed by atoms with Crippen molar-refractivity contribution in [1.82, 2.24) is 20.4 Å². The lowest BCUT2D eigenvalue weighted by molar-refractivity contribution is -0.129. The quantitative estimate of drug-likeness (QED) is 0.120. The standard InChI is InChI=1S/C27H31N5O3/c1-19(20-9-5-4-6-10-20)30-26-23-17-24(31-27(23)29-18-28-26)21-12-14-22(15-13-21)35-16-8-3-2-7-11-25(33)32-34/h4-6,9-10,12-15,17-19,34H,2-3,7-8,11,16H2,1H3,(H,32,33)(H2,28,29,30,31). The number of rotatable bonds is 12. The molecule has 8 heteroatoms. The van der Waals surface area contributed by atoms with Crippen molar-refractivity contribution in [3.8, 4) is 17.0 Å². The van der Waals surface area contributed by atoms with Gasteiger partial charge >= 0.3 is 0 Å². The summed E-state index contributed by atoms with van der Waals surface area (Å²) in [5, 5.41) is 12.9. The number of ether oxygens (including phenoxy) is 1. The topological polar surface area (TPSA) is 112 Å². The predicted octanol–water partition coefficient (Wildman–Crippen LogP) is 5.63. The second-order valence-electron chi connectivity index (χ2n) is 8.52. The number of nitrogens with zero attached hydrogens (tertiary/aromatic N) is 2. The number of anilines is 1. The van der Waals surface area contributed by atoms with E-state index in [-0.39, 0.29) is 11.9 Å². The van der Waals surface area contributed by atoms with E-state index in [9.17, 15) is 4.79 Å². The molecule has 0 aliphatic carbocycles. The van der Waals surface area contributed by atoms with Gasteiger partial charge in [0.1, 0.15) is 23.5 Å². The van der Waals surface area contributed by atoms with Gasteiger partial charge in [-0.2, -0.15) is 0 Å². The van der Waals surface area contributed by atoms with E-state index < -0.39 is 0 Å². The van der Waals surface area contributed by atoms with Gasteiger partial charge in [-0.25, -0.2) is 15.4 Å². The Balaban J connectivity index is 1.33. The number of hydroxylamine groups is 1. The molecule has 4 N–H and O–H groups in total. The van der Waals surface area contributed by atoms with Crippen LogP contribution in [0.25, 0.3) is 22.3 Å². The summed E-state index contributed by atoms with van der Waals surface area (Å²) in [6.45, 7) is 2.74. The molecule has 0 saturated heterocycles. The number of unbranched alkanes of at least 4 members (excludes halogenated alkanes) is 3. The highest BCUT2D eigenvalue weighted by Gasteiger charge is 2.12. The van der Waals surface area contributed by atoms with E-state index in [2.05, 4.69) is 45.4 Å². The normalized spacial score (nSPS) is 11.8. The number of carbonyl (C=O) groups excluding carboxylic acids is 1. The summed E-state index contributed by atoms with van der Waals surface area (Å²) in [7, 11) is 0. The van der Waals surface area contributed by atoms with Crippen molar-refractivity contribution in [2.24, 2.45) is 0 Å². The van der Waals surface area contributed by atoms with Crippen molar-refractivity contribution in [2.45, 2.75) is 45.1 Å². The van der Waals surface area contributed by atoms with Crippen molar-refractivity contribution in [2.75, 3.05) is 11.9 Å². The average Bonchev–Trinajstić information content (AvgIpc) is 3.34. The van der Waals surface area contributed by atoms with Gasteiger partial charge in [-0.15, -0.1) is 0 Å². The highest BCUT2D eigenvalue weighted by atomic mass is 16.5. The summed E-state index contributed by atoms with van der Waals surface area (Å²) < 4.78 is 5.85. The molecule has 0 fully saturated rings. The van der Waals surface area contributed by atoms with Gasteiger partial charge in [0.15, 0.2) is 0 Å². The molecule has 2 aromatic carbocycles. The summed E-state index contributed by atoms with van der Waals surface area (Å²) in [4.78, 5) is 23.3. The van der Waals surface area contributed by atoms with E-state index in [4.69, 9.17) is 9.94 Å². The number of fused-ring (bicyclic) bond motifs is 1. The van der Waals surface area contributed by atoms with Gasteiger partial charge in [0.05, 0.1) is 12.0 Å². The summed E-state index contributed by atoms with van der Waals surface area (Å²) in [5.74, 6) is 1.28. The fourth-order valence-corrected chi connectivity index (χ4v) is 3.96. The number of carbonyl (C=O) groups is 1. The molecule has 0 spiro atoms. The van der Waals surface area contributed by atoms with Crippen LogP contribution in [0.5, 0.6) is 5.75 Å². The lowest BCUT2D eigenvalue weighted by Gasteiger charge is -2.15. The van der Waals surface area contributed by atoms with Crippen LogP contribution >= 0.6 is 0 Å². The molecule has 35 heavy (non-hydrogen) atoms. The van der Waals surface area contributed by atoms with Gasteiger partial charge in [-0.05, 0) is 61.2 Å². The van der Waals surface area contributed by atoms with Crippen LogP contribution in [0, 0.1) is 0 Å². The Hall–Kier alpha value is -3.91. The first kappa shape index (κ1) is 24.2. The molecule has 0 aliphatic heterocycles. The van der Waals surface area contributed by atoms with Crippen molar-refractivity contribution in [1.29, 1.82) is 0 Å². The first-order valence-electron chi connectivity index (χ1n) is 12.0. The zero-order valence-corrected chi connectivity index (χ0v) is 19.8. The Morgan fingerprint density at radius 2 is 1.80 bits per heavy atom. The summed E-state index contributed by atoms with van der Waals surface area (Å²) >= 11 is 0. The van der Waals surface area contributed by atoms with Crippen LogP contribution < -0.4 is 15.5 Å². The van der Waals surface area contributed by atoms with Gasteiger partial charge in [-0.1, -0.05) is 43.2 Å². The van der Waals surface area contributed by atoms with Crippen molar-refractivity contribution in [3.63, 3.8) is 0 Å².